The predicted octanol–water partition coefficient (Wildman–Crippen LogP) is 9.40. The van der Waals surface area contributed by atoms with E-state index in [1.54, 1.807) is 24.3 Å². The molecule has 0 aliphatic rings. The van der Waals surface area contributed by atoms with E-state index in [4.69, 9.17) is 14.2 Å². The third-order valence-electron chi connectivity index (χ3n) is 7.23. The van der Waals surface area contributed by atoms with Gasteiger partial charge in [0, 0.05) is 11.1 Å². The first-order valence-corrected chi connectivity index (χ1v) is 14.2. The standard InChI is InChI=1S/C37H36O5/c1-7-37(5,6)41-31-23-21-25-13-9-11-15-29(25)33(31)32-28-14-10-8-12-24(28)20-22-30(32)40-34(38)26-16-18-27(19-17-26)35(39)42-36(2,3)4/h8-23H,7H2,1-6H3. The van der Waals surface area contributed by atoms with Crippen molar-refractivity contribution in [3.05, 3.63) is 108 Å². The van der Waals surface area contributed by atoms with Crippen LogP contribution in [0.1, 0.15) is 68.7 Å². The van der Waals surface area contributed by atoms with Crippen molar-refractivity contribution in [3.63, 3.8) is 0 Å². The highest BCUT2D eigenvalue weighted by atomic mass is 16.6. The largest absolute Gasteiger partial charge is 0.487 e. The molecule has 0 heterocycles. The maximum atomic E-state index is 13.5. The second kappa shape index (κ2) is 11.3. The molecule has 0 saturated carbocycles. The molecule has 0 spiro atoms. The molecule has 5 aromatic rings. The number of ether oxygens (including phenoxy) is 3. The average Bonchev–Trinajstić information content (AvgIpc) is 2.96. The molecule has 5 heteroatoms. The first-order chi connectivity index (χ1) is 20.0. The van der Waals surface area contributed by atoms with Gasteiger partial charge in [-0.15, -0.1) is 0 Å². The average molecular weight is 561 g/mol. The zero-order valence-corrected chi connectivity index (χ0v) is 25.0. The summed E-state index contributed by atoms with van der Waals surface area (Å²) in [5, 5.41) is 4.01. The minimum atomic E-state index is -0.613. The lowest BCUT2D eigenvalue weighted by molar-refractivity contribution is 0.00691. The first-order valence-electron chi connectivity index (χ1n) is 14.2. The van der Waals surface area contributed by atoms with Gasteiger partial charge >= 0.3 is 11.9 Å². The van der Waals surface area contributed by atoms with Gasteiger partial charge < -0.3 is 14.2 Å². The Morgan fingerprint density at radius 3 is 1.60 bits per heavy atom. The predicted molar refractivity (Wildman–Crippen MR) is 168 cm³/mol. The fourth-order valence-corrected chi connectivity index (χ4v) is 4.80. The molecule has 214 valence electrons. The van der Waals surface area contributed by atoms with Crippen LogP contribution in [-0.2, 0) is 4.74 Å². The molecule has 0 amide bonds. The van der Waals surface area contributed by atoms with E-state index >= 15 is 0 Å². The number of benzene rings is 5. The van der Waals surface area contributed by atoms with Crippen LogP contribution in [0.2, 0.25) is 0 Å². The first kappa shape index (κ1) is 28.9. The summed E-state index contributed by atoms with van der Waals surface area (Å²) >= 11 is 0. The van der Waals surface area contributed by atoms with E-state index in [1.807, 2.05) is 75.4 Å². The Bertz CT molecular complexity index is 1770. The normalized spacial score (nSPS) is 11.9. The van der Waals surface area contributed by atoms with Crippen molar-refractivity contribution >= 4 is 33.5 Å². The molecule has 0 atom stereocenters. The van der Waals surface area contributed by atoms with E-state index in [9.17, 15) is 9.59 Å². The summed E-state index contributed by atoms with van der Waals surface area (Å²) in [7, 11) is 0. The number of fused-ring (bicyclic) bond motifs is 2. The van der Waals surface area contributed by atoms with Crippen LogP contribution in [0.5, 0.6) is 11.5 Å². The summed E-state index contributed by atoms with van der Waals surface area (Å²) < 4.78 is 18.2. The van der Waals surface area contributed by atoms with Gasteiger partial charge in [-0.2, -0.15) is 0 Å². The molecule has 0 aromatic heterocycles. The fraction of sp³-hybridized carbons (Fsp3) is 0.243. The Morgan fingerprint density at radius 2 is 1.07 bits per heavy atom. The van der Waals surface area contributed by atoms with Gasteiger partial charge in [0.2, 0.25) is 0 Å². The molecule has 0 aliphatic heterocycles. The molecule has 0 radical (unpaired) electrons. The van der Waals surface area contributed by atoms with Gasteiger partial charge in [0.1, 0.15) is 22.7 Å². The van der Waals surface area contributed by atoms with Crippen LogP contribution in [0.3, 0.4) is 0 Å². The molecule has 0 fully saturated rings. The molecule has 0 bridgehead atoms. The summed E-state index contributed by atoms with van der Waals surface area (Å²) in [6, 6.07) is 30.4. The Labute approximate surface area is 247 Å². The van der Waals surface area contributed by atoms with Crippen LogP contribution in [0.15, 0.2) is 97.1 Å². The lowest BCUT2D eigenvalue weighted by Gasteiger charge is -2.28. The van der Waals surface area contributed by atoms with Gasteiger partial charge in [0.05, 0.1) is 11.1 Å². The van der Waals surface area contributed by atoms with Crippen molar-refractivity contribution in [3.8, 4) is 22.6 Å². The summed E-state index contributed by atoms with van der Waals surface area (Å²) in [5.41, 5.74) is 1.32. The number of rotatable bonds is 7. The molecule has 5 nitrogen and oxygen atoms in total. The van der Waals surface area contributed by atoms with Gasteiger partial charge in [-0.05, 0) is 99.0 Å². The highest BCUT2D eigenvalue weighted by Crippen LogP contribution is 2.46. The van der Waals surface area contributed by atoms with E-state index in [0.717, 1.165) is 44.8 Å². The Morgan fingerprint density at radius 1 is 0.595 bits per heavy atom. The topological polar surface area (TPSA) is 61.8 Å². The van der Waals surface area contributed by atoms with Crippen molar-refractivity contribution in [2.75, 3.05) is 0 Å². The summed E-state index contributed by atoms with van der Waals surface area (Å²) in [6.45, 7) is 11.7. The van der Waals surface area contributed by atoms with Crippen molar-refractivity contribution < 1.29 is 23.8 Å². The van der Waals surface area contributed by atoms with Crippen molar-refractivity contribution in [2.45, 2.75) is 59.2 Å². The molecule has 0 aliphatic carbocycles. The van der Waals surface area contributed by atoms with E-state index in [1.165, 1.54) is 0 Å². The quantitative estimate of drug-likeness (QED) is 0.147. The minimum absolute atomic E-state index is 0.322. The van der Waals surface area contributed by atoms with E-state index in [0.29, 0.717) is 16.9 Å². The Kier molecular flexibility index (Phi) is 7.79. The molecule has 5 aromatic carbocycles. The number of esters is 2. The van der Waals surface area contributed by atoms with E-state index in [-0.39, 0.29) is 0 Å². The third kappa shape index (κ3) is 6.15. The van der Waals surface area contributed by atoms with Gasteiger partial charge in [-0.1, -0.05) is 67.6 Å². The molecular weight excluding hydrogens is 524 g/mol. The molecule has 42 heavy (non-hydrogen) atoms. The van der Waals surface area contributed by atoms with Crippen LogP contribution in [0.4, 0.5) is 0 Å². The van der Waals surface area contributed by atoms with E-state index in [2.05, 4.69) is 39.0 Å². The van der Waals surface area contributed by atoms with Crippen molar-refractivity contribution in [1.29, 1.82) is 0 Å². The number of hydrogen-bond donors (Lipinski definition) is 0. The zero-order valence-electron chi connectivity index (χ0n) is 25.0. The maximum absolute atomic E-state index is 13.5. The highest BCUT2D eigenvalue weighted by Gasteiger charge is 2.25. The monoisotopic (exact) mass is 560 g/mol. The lowest BCUT2D eigenvalue weighted by Crippen LogP contribution is -2.27. The van der Waals surface area contributed by atoms with Crippen molar-refractivity contribution in [1.82, 2.24) is 0 Å². The summed E-state index contributed by atoms with van der Waals surface area (Å²) in [6.07, 6.45) is 0.815. The Balaban J connectivity index is 1.62. The molecule has 0 unspecified atom stereocenters. The highest BCUT2D eigenvalue weighted by molar-refractivity contribution is 6.10. The van der Waals surface area contributed by atoms with Crippen molar-refractivity contribution in [2.24, 2.45) is 0 Å². The summed E-state index contributed by atoms with van der Waals surface area (Å²) in [4.78, 5) is 26.0. The minimum Gasteiger partial charge on any atom is -0.487 e. The number of carbonyl (C=O) groups excluding carboxylic acids is 2. The SMILES string of the molecule is CCC(C)(C)Oc1ccc2ccccc2c1-c1c(OC(=O)c2ccc(C(=O)OC(C)(C)C)cc2)ccc2ccccc12. The van der Waals surface area contributed by atoms with Gasteiger partial charge in [0.15, 0.2) is 0 Å². The lowest BCUT2D eigenvalue weighted by atomic mass is 9.92. The van der Waals surface area contributed by atoms with Crippen LogP contribution in [-0.4, -0.2) is 23.1 Å². The second-order valence-corrected chi connectivity index (χ2v) is 12.0. The van der Waals surface area contributed by atoms with Crippen LogP contribution in [0.25, 0.3) is 32.7 Å². The second-order valence-electron chi connectivity index (χ2n) is 12.0. The van der Waals surface area contributed by atoms with Gasteiger partial charge in [-0.25, -0.2) is 9.59 Å². The molecule has 5 rings (SSSR count). The molecular formula is C37H36O5. The molecule has 0 saturated heterocycles. The maximum Gasteiger partial charge on any atom is 0.343 e. The van der Waals surface area contributed by atoms with Crippen LogP contribution in [0, 0.1) is 0 Å². The van der Waals surface area contributed by atoms with Gasteiger partial charge in [0.25, 0.3) is 0 Å². The smallest absolute Gasteiger partial charge is 0.343 e. The fourth-order valence-electron chi connectivity index (χ4n) is 4.80. The molecule has 0 N–H and O–H groups in total. The van der Waals surface area contributed by atoms with Crippen LogP contribution < -0.4 is 9.47 Å². The van der Waals surface area contributed by atoms with Crippen LogP contribution >= 0.6 is 0 Å². The zero-order chi connectivity index (χ0) is 30.1. The number of carbonyl (C=O) groups is 2. The number of hydrogen-bond acceptors (Lipinski definition) is 5. The van der Waals surface area contributed by atoms with E-state index < -0.39 is 23.1 Å². The van der Waals surface area contributed by atoms with Gasteiger partial charge in [-0.3, -0.25) is 0 Å². The Hall–Kier alpha value is -4.64. The summed E-state index contributed by atoms with van der Waals surface area (Å²) in [5.74, 6) is 0.165. The third-order valence-corrected chi connectivity index (χ3v) is 7.23.